The van der Waals surface area contributed by atoms with E-state index in [1.165, 1.54) is 5.41 Å². The topological polar surface area (TPSA) is 53.8 Å². The van der Waals surface area contributed by atoms with Crippen molar-refractivity contribution in [3.63, 3.8) is 0 Å². The van der Waals surface area contributed by atoms with Gasteiger partial charge in [0.1, 0.15) is 0 Å². The number of hydrogen-bond acceptors (Lipinski definition) is 3. The lowest BCUT2D eigenvalue weighted by molar-refractivity contribution is 0.681. The van der Waals surface area contributed by atoms with Crippen LogP contribution >= 0.6 is 11.6 Å². The maximum absolute atomic E-state index is 12.3. The van der Waals surface area contributed by atoms with E-state index in [2.05, 4.69) is 4.98 Å². The van der Waals surface area contributed by atoms with Gasteiger partial charge in [-0.3, -0.25) is 4.98 Å². The zero-order valence-corrected chi connectivity index (χ0v) is 11.0. The van der Waals surface area contributed by atoms with Crippen LogP contribution in [-0.4, -0.2) is 9.19 Å². The summed E-state index contributed by atoms with van der Waals surface area (Å²) in [4.78, 5) is 4.27. The van der Waals surface area contributed by atoms with Crippen molar-refractivity contribution in [1.82, 2.24) is 4.98 Å². The van der Waals surface area contributed by atoms with Crippen LogP contribution in [0.1, 0.15) is 5.56 Å². The molecule has 1 aromatic carbocycles. The van der Waals surface area contributed by atoms with Crippen molar-refractivity contribution in [3.05, 3.63) is 64.8 Å². The summed E-state index contributed by atoms with van der Waals surface area (Å²) in [5.41, 5.74) is 0.796. The van der Waals surface area contributed by atoms with Gasteiger partial charge in [-0.15, -0.1) is 0 Å². The van der Waals surface area contributed by atoms with Gasteiger partial charge >= 0.3 is 0 Å². The number of benzene rings is 1. The molecule has 0 aliphatic heterocycles. The summed E-state index contributed by atoms with van der Waals surface area (Å²) in [6.45, 7) is 0. The third kappa shape index (κ3) is 2.97. The van der Waals surface area contributed by atoms with E-state index in [9.17, 15) is 4.21 Å². The first-order valence-electron chi connectivity index (χ1n) is 5.21. The van der Waals surface area contributed by atoms with Crippen molar-refractivity contribution in [2.45, 2.75) is 4.90 Å². The van der Waals surface area contributed by atoms with Crippen LogP contribution < -0.4 is 0 Å². The predicted octanol–water partition coefficient (Wildman–Crippen LogP) is 3.81. The average molecular weight is 279 g/mol. The Balaban J connectivity index is 2.34. The van der Waals surface area contributed by atoms with Crippen LogP contribution in [0, 0.1) is 4.78 Å². The molecule has 5 heteroatoms. The van der Waals surface area contributed by atoms with Gasteiger partial charge in [0.2, 0.25) is 0 Å². The fraction of sp³-hybridized carbons (Fsp3) is 0. The molecular weight excluding hydrogens is 268 g/mol. The molecule has 0 bridgehead atoms. The Kier molecular flexibility index (Phi) is 3.79. The number of aromatic nitrogens is 1. The van der Waals surface area contributed by atoms with E-state index >= 15 is 0 Å². The number of nitrogens with zero attached hydrogens (tertiary/aromatic N) is 1. The Labute approximate surface area is 111 Å². The van der Waals surface area contributed by atoms with Crippen LogP contribution in [0.4, 0.5) is 0 Å². The lowest BCUT2D eigenvalue weighted by Crippen LogP contribution is -1.94. The third-order valence-electron chi connectivity index (χ3n) is 2.30. The normalized spacial score (nSPS) is 14.5. The van der Waals surface area contributed by atoms with Crippen LogP contribution in [0.3, 0.4) is 0 Å². The lowest BCUT2D eigenvalue weighted by Gasteiger charge is -2.04. The van der Waals surface area contributed by atoms with Crippen LogP contribution in [-0.2, 0) is 9.73 Å². The Bertz CT molecular complexity index is 666. The molecule has 1 unspecified atom stereocenters. The molecule has 1 aromatic heterocycles. The molecule has 0 aliphatic carbocycles. The van der Waals surface area contributed by atoms with Crippen molar-refractivity contribution in [2.75, 3.05) is 0 Å². The molecule has 2 aromatic rings. The Hall–Kier alpha value is -1.65. The highest BCUT2D eigenvalue weighted by Gasteiger charge is 2.09. The average Bonchev–Trinajstić information content (AvgIpc) is 2.38. The maximum atomic E-state index is 12.3. The smallest absolute Gasteiger partial charge is 0.0958 e. The summed E-state index contributed by atoms with van der Waals surface area (Å²) in [5, 5.41) is 1.69. The number of rotatable bonds is 3. The van der Waals surface area contributed by atoms with Gasteiger partial charge < -0.3 is 0 Å². The van der Waals surface area contributed by atoms with Crippen molar-refractivity contribution >= 4 is 27.4 Å². The molecular formula is C13H11ClN2OS. The molecule has 0 amide bonds. The summed E-state index contributed by atoms with van der Waals surface area (Å²) in [6, 6.07) is 10.3. The lowest BCUT2D eigenvalue weighted by atomic mass is 10.3. The van der Waals surface area contributed by atoms with E-state index < -0.39 is 9.73 Å². The largest absolute Gasteiger partial charge is 0.264 e. The van der Waals surface area contributed by atoms with Gasteiger partial charge in [0, 0.05) is 17.8 Å². The van der Waals surface area contributed by atoms with Crippen LogP contribution in [0.25, 0.3) is 6.08 Å². The second kappa shape index (κ2) is 5.33. The fourth-order valence-electron chi connectivity index (χ4n) is 1.41. The summed E-state index contributed by atoms with van der Waals surface area (Å²) in [5.74, 6) is 0. The molecule has 1 heterocycles. The Morgan fingerprint density at radius 2 is 2.00 bits per heavy atom. The van der Waals surface area contributed by atoms with E-state index in [1.807, 2.05) is 6.07 Å². The highest BCUT2D eigenvalue weighted by Crippen LogP contribution is 2.23. The zero-order chi connectivity index (χ0) is 13.0. The monoisotopic (exact) mass is 278 g/mol. The van der Waals surface area contributed by atoms with Gasteiger partial charge in [-0.2, -0.15) is 0 Å². The van der Waals surface area contributed by atoms with Crippen LogP contribution in [0.2, 0.25) is 5.02 Å². The quantitative estimate of drug-likeness (QED) is 0.928. The predicted molar refractivity (Wildman–Crippen MR) is 73.9 cm³/mol. The summed E-state index contributed by atoms with van der Waals surface area (Å²) < 4.78 is 20.2. The highest BCUT2D eigenvalue weighted by atomic mass is 35.5. The first-order valence-corrected chi connectivity index (χ1v) is 7.21. The van der Waals surface area contributed by atoms with Crippen LogP contribution in [0.5, 0.6) is 0 Å². The van der Waals surface area contributed by atoms with Crippen molar-refractivity contribution in [1.29, 1.82) is 4.78 Å². The van der Waals surface area contributed by atoms with E-state index in [4.69, 9.17) is 16.4 Å². The second-order valence-corrected chi connectivity index (χ2v) is 5.94. The fourth-order valence-corrected chi connectivity index (χ4v) is 3.03. The SMILES string of the molecule is N=S(=O)(/C=C/c1cccnc1)c1ccccc1Cl. The van der Waals surface area contributed by atoms with Gasteiger partial charge in [0.05, 0.1) is 19.6 Å². The van der Waals surface area contributed by atoms with Gasteiger partial charge in [0.15, 0.2) is 0 Å². The molecule has 0 aliphatic rings. The van der Waals surface area contributed by atoms with E-state index in [-0.39, 0.29) is 0 Å². The molecule has 2 rings (SSSR count). The molecule has 0 saturated heterocycles. The molecule has 1 atom stereocenters. The second-order valence-electron chi connectivity index (χ2n) is 3.62. The molecule has 1 N–H and O–H groups in total. The van der Waals surface area contributed by atoms with E-state index in [1.54, 1.807) is 48.8 Å². The molecule has 0 spiro atoms. The Morgan fingerprint density at radius 3 is 2.67 bits per heavy atom. The number of pyridine rings is 1. The molecule has 0 saturated carbocycles. The minimum Gasteiger partial charge on any atom is -0.264 e. The van der Waals surface area contributed by atoms with Gasteiger partial charge in [-0.1, -0.05) is 29.8 Å². The minimum atomic E-state index is -3.03. The van der Waals surface area contributed by atoms with Crippen molar-refractivity contribution in [2.24, 2.45) is 0 Å². The first-order chi connectivity index (χ1) is 8.59. The van der Waals surface area contributed by atoms with Crippen molar-refractivity contribution in [3.8, 4) is 0 Å². The van der Waals surface area contributed by atoms with Gasteiger partial charge in [-0.05, 0) is 29.8 Å². The number of hydrogen-bond donors (Lipinski definition) is 1. The molecule has 3 nitrogen and oxygen atoms in total. The van der Waals surface area contributed by atoms with Crippen LogP contribution in [0.15, 0.2) is 59.1 Å². The minimum absolute atomic E-state index is 0.326. The first kappa shape index (κ1) is 12.8. The van der Waals surface area contributed by atoms with Gasteiger partial charge in [0.25, 0.3) is 0 Å². The third-order valence-corrected chi connectivity index (χ3v) is 4.27. The van der Waals surface area contributed by atoms with E-state index in [0.29, 0.717) is 9.92 Å². The number of halogens is 1. The van der Waals surface area contributed by atoms with Crippen molar-refractivity contribution < 1.29 is 4.21 Å². The molecule has 18 heavy (non-hydrogen) atoms. The zero-order valence-electron chi connectivity index (χ0n) is 9.42. The van der Waals surface area contributed by atoms with Gasteiger partial charge in [-0.25, -0.2) is 8.99 Å². The number of nitrogens with one attached hydrogen (secondary N) is 1. The summed E-state index contributed by atoms with van der Waals surface area (Å²) in [7, 11) is -3.03. The molecule has 0 fully saturated rings. The summed E-state index contributed by atoms with van der Waals surface area (Å²) in [6.07, 6.45) is 4.91. The highest BCUT2D eigenvalue weighted by molar-refractivity contribution is 7.95. The molecule has 0 radical (unpaired) electrons. The van der Waals surface area contributed by atoms with E-state index in [0.717, 1.165) is 5.56 Å². The maximum Gasteiger partial charge on any atom is 0.0958 e. The molecule has 92 valence electrons. The Morgan fingerprint density at radius 1 is 1.22 bits per heavy atom. The summed E-state index contributed by atoms with van der Waals surface area (Å²) >= 11 is 5.95. The standard InChI is InChI=1S/C13H11ClN2OS/c14-12-5-1-2-6-13(12)18(15,17)9-7-11-4-3-8-16-10-11/h1-10,15H/b9-7+.